The Hall–Kier alpha value is -0.930. The summed E-state index contributed by atoms with van der Waals surface area (Å²) in [6.07, 6.45) is 0.624. The first kappa shape index (κ1) is 11.1. The van der Waals surface area contributed by atoms with E-state index in [0.717, 1.165) is 5.56 Å². The smallest absolute Gasteiger partial charge is 0.126 e. The number of rotatable bonds is 4. The summed E-state index contributed by atoms with van der Waals surface area (Å²) in [5.41, 5.74) is 12.7. The van der Waals surface area contributed by atoms with Crippen LogP contribution in [0, 0.1) is 18.7 Å². The predicted molar refractivity (Wildman–Crippen MR) is 56.4 cm³/mol. The molecule has 1 aromatic carbocycles. The highest BCUT2D eigenvalue weighted by Crippen LogP contribution is 2.13. The normalized spacial score (nSPS) is 10.9. The third-order valence-corrected chi connectivity index (χ3v) is 2.38. The van der Waals surface area contributed by atoms with Gasteiger partial charge in [-0.1, -0.05) is 12.1 Å². The van der Waals surface area contributed by atoms with Crippen LogP contribution in [0.15, 0.2) is 18.2 Å². The highest BCUT2D eigenvalue weighted by Gasteiger charge is 2.09. The molecule has 14 heavy (non-hydrogen) atoms. The zero-order valence-corrected chi connectivity index (χ0v) is 8.46. The fraction of sp³-hybridized carbons (Fsp3) is 0.455. The van der Waals surface area contributed by atoms with E-state index in [4.69, 9.17) is 11.5 Å². The van der Waals surface area contributed by atoms with Crippen LogP contribution in [0.1, 0.15) is 11.1 Å². The first-order valence-electron chi connectivity index (χ1n) is 4.82. The summed E-state index contributed by atoms with van der Waals surface area (Å²) in [6.45, 7) is 2.88. The van der Waals surface area contributed by atoms with E-state index in [-0.39, 0.29) is 11.7 Å². The Morgan fingerprint density at radius 1 is 1.29 bits per heavy atom. The minimum absolute atomic E-state index is 0.156. The van der Waals surface area contributed by atoms with Gasteiger partial charge in [-0.15, -0.1) is 0 Å². The number of nitrogens with two attached hydrogens (primary N) is 2. The van der Waals surface area contributed by atoms with Gasteiger partial charge >= 0.3 is 0 Å². The van der Waals surface area contributed by atoms with E-state index in [2.05, 4.69) is 0 Å². The maximum absolute atomic E-state index is 13.4. The molecule has 1 rings (SSSR count). The molecule has 0 unspecified atom stereocenters. The minimum atomic E-state index is -0.156. The SMILES string of the molecule is Cc1ccc(CC(CN)CN)c(F)c1. The van der Waals surface area contributed by atoms with Crippen molar-refractivity contribution in [1.82, 2.24) is 0 Å². The Morgan fingerprint density at radius 2 is 1.93 bits per heavy atom. The van der Waals surface area contributed by atoms with Gasteiger partial charge in [-0.25, -0.2) is 4.39 Å². The van der Waals surface area contributed by atoms with Crippen molar-refractivity contribution in [2.75, 3.05) is 13.1 Å². The number of halogens is 1. The molecule has 0 atom stereocenters. The average molecular weight is 196 g/mol. The zero-order valence-electron chi connectivity index (χ0n) is 8.46. The van der Waals surface area contributed by atoms with E-state index >= 15 is 0 Å². The molecular weight excluding hydrogens is 179 g/mol. The molecule has 0 aromatic heterocycles. The van der Waals surface area contributed by atoms with Gasteiger partial charge in [0.05, 0.1) is 0 Å². The second kappa shape index (κ2) is 5.08. The van der Waals surface area contributed by atoms with Gasteiger partial charge in [-0.3, -0.25) is 0 Å². The monoisotopic (exact) mass is 196 g/mol. The third kappa shape index (κ3) is 2.79. The lowest BCUT2D eigenvalue weighted by Gasteiger charge is -2.12. The molecule has 0 aliphatic rings. The highest BCUT2D eigenvalue weighted by molar-refractivity contribution is 5.23. The van der Waals surface area contributed by atoms with Crippen molar-refractivity contribution in [3.63, 3.8) is 0 Å². The fourth-order valence-corrected chi connectivity index (χ4v) is 1.39. The van der Waals surface area contributed by atoms with Crippen LogP contribution < -0.4 is 11.5 Å². The molecule has 0 fully saturated rings. The van der Waals surface area contributed by atoms with E-state index in [9.17, 15) is 4.39 Å². The predicted octanol–water partition coefficient (Wildman–Crippen LogP) is 1.21. The van der Waals surface area contributed by atoms with Gasteiger partial charge in [-0.2, -0.15) is 0 Å². The van der Waals surface area contributed by atoms with Crippen LogP contribution in [0.4, 0.5) is 4.39 Å². The van der Waals surface area contributed by atoms with Gasteiger partial charge in [0, 0.05) is 0 Å². The van der Waals surface area contributed by atoms with E-state index in [1.54, 1.807) is 6.07 Å². The summed E-state index contributed by atoms with van der Waals surface area (Å²) in [7, 11) is 0. The van der Waals surface area contributed by atoms with Gasteiger partial charge < -0.3 is 11.5 Å². The molecule has 4 N–H and O–H groups in total. The summed E-state index contributed by atoms with van der Waals surface area (Å²) in [6, 6.07) is 5.25. The Bertz CT molecular complexity index is 295. The third-order valence-electron chi connectivity index (χ3n) is 2.38. The first-order chi connectivity index (χ1) is 6.67. The van der Waals surface area contributed by atoms with Gasteiger partial charge in [0.15, 0.2) is 0 Å². The fourth-order valence-electron chi connectivity index (χ4n) is 1.39. The Morgan fingerprint density at radius 3 is 2.43 bits per heavy atom. The van der Waals surface area contributed by atoms with Crippen molar-refractivity contribution in [2.45, 2.75) is 13.3 Å². The maximum atomic E-state index is 13.4. The number of benzene rings is 1. The van der Waals surface area contributed by atoms with Gasteiger partial charge in [0.2, 0.25) is 0 Å². The second-order valence-corrected chi connectivity index (χ2v) is 3.64. The van der Waals surface area contributed by atoms with Crippen molar-refractivity contribution in [2.24, 2.45) is 17.4 Å². The van der Waals surface area contributed by atoms with E-state index in [0.29, 0.717) is 25.1 Å². The summed E-state index contributed by atoms with van der Waals surface area (Å²) >= 11 is 0. The van der Waals surface area contributed by atoms with Crippen LogP contribution >= 0.6 is 0 Å². The summed E-state index contributed by atoms with van der Waals surface area (Å²) in [5.74, 6) is 0.0177. The summed E-state index contributed by atoms with van der Waals surface area (Å²) in [5, 5.41) is 0. The molecule has 1 aromatic rings. The van der Waals surface area contributed by atoms with Crippen LogP contribution in [0.3, 0.4) is 0 Å². The van der Waals surface area contributed by atoms with Crippen molar-refractivity contribution >= 4 is 0 Å². The quantitative estimate of drug-likeness (QED) is 0.760. The number of hydrogen-bond acceptors (Lipinski definition) is 2. The van der Waals surface area contributed by atoms with Gasteiger partial charge in [-0.05, 0) is 49.5 Å². The molecule has 78 valence electrons. The standard InChI is InChI=1S/C11H17FN2/c1-8-2-3-10(11(12)4-8)5-9(6-13)7-14/h2-4,9H,5-7,13-14H2,1H3. The molecule has 0 saturated carbocycles. The minimum Gasteiger partial charge on any atom is -0.330 e. The van der Waals surface area contributed by atoms with Gasteiger partial charge in [0.1, 0.15) is 5.82 Å². The van der Waals surface area contributed by atoms with Crippen molar-refractivity contribution in [1.29, 1.82) is 0 Å². The average Bonchev–Trinajstić information content (AvgIpc) is 2.17. The largest absolute Gasteiger partial charge is 0.330 e. The molecule has 3 heteroatoms. The van der Waals surface area contributed by atoms with Crippen molar-refractivity contribution < 1.29 is 4.39 Å². The summed E-state index contributed by atoms with van der Waals surface area (Å²) in [4.78, 5) is 0. The van der Waals surface area contributed by atoms with E-state index in [1.165, 1.54) is 0 Å². The molecule has 0 saturated heterocycles. The first-order valence-corrected chi connectivity index (χ1v) is 4.82. The number of aryl methyl sites for hydroxylation is 1. The summed E-state index contributed by atoms with van der Waals surface area (Å²) < 4.78 is 13.4. The Balaban J connectivity index is 2.76. The molecule has 0 heterocycles. The highest BCUT2D eigenvalue weighted by atomic mass is 19.1. The van der Waals surface area contributed by atoms with E-state index in [1.807, 2.05) is 19.1 Å². The molecule has 0 aliphatic carbocycles. The molecule has 0 amide bonds. The van der Waals surface area contributed by atoms with E-state index < -0.39 is 0 Å². The van der Waals surface area contributed by atoms with Crippen molar-refractivity contribution in [3.8, 4) is 0 Å². The van der Waals surface area contributed by atoms with Crippen LogP contribution in [-0.4, -0.2) is 13.1 Å². The second-order valence-electron chi connectivity index (χ2n) is 3.64. The lowest BCUT2D eigenvalue weighted by molar-refractivity contribution is 0.523. The molecule has 0 spiro atoms. The molecule has 2 nitrogen and oxygen atoms in total. The van der Waals surface area contributed by atoms with Crippen molar-refractivity contribution in [3.05, 3.63) is 35.1 Å². The Kier molecular flexibility index (Phi) is 4.04. The Labute approximate surface area is 84.1 Å². The van der Waals surface area contributed by atoms with Crippen LogP contribution in [-0.2, 0) is 6.42 Å². The molecule has 0 bridgehead atoms. The number of hydrogen-bond donors (Lipinski definition) is 2. The van der Waals surface area contributed by atoms with Crippen LogP contribution in [0.2, 0.25) is 0 Å². The van der Waals surface area contributed by atoms with Crippen LogP contribution in [0.5, 0.6) is 0 Å². The van der Waals surface area contributed by atoms with Gasteiger partial charge in [0.25, 0.3) is 0 Å². The lowest BCUT2D eigenvalue weighted by Crippen LogP contribution is -2.25. The molecule has 0 aliphatic heterocycles. The topological polar surface area (TPSA) is 52.0 Å². The zero-order chi connectivity index (χ0) is 10.6. The lowest BCUT2D eigenvalue weighted by atomic mass is 9.98. The molecule has 0 radical (unpaired) electrons. The van der Waals surface area contributed by atoms with Crippen LogP contribution in [0.25, 0.3) is 0 Å². The maximum Gasteiger partial charge on any atom is 0.126 e. The molecular formula is C11H17FN2.